The molecular weight excluding hydrogens is 204 g/mol. The maximum atomic E-state index is 5.30. The van der Waals surface area contributed by atoms with Gasteiger partial charge in [0.05, 0.1) is 13.2 Å². The molecule has 1 aliphatic rings. The van der Waals surface area contributed by atoms with Crippen molar-refractivity contribution in [2.24, 2.45) is 4.99 Å². The van der Waals surface area contributed by atoms with Gasteiger partial charge in [0, 0.05) is 39.8 Å². The predicted molar refractivity (Wildman–Crippen MR) is 66.9 cm³/mol. The lowest BCUT2D eigenvalue weighted by Crippen LogP contribution is -2.44. The van der Waals surface area contributed by atoms with E-state index >= 15 is 0 Å². The summed E-state index contributed by atoms with van der Waals surface area (Å²) < 4.78 is 5.30. The van der Waals surface area contributed by atoms with Gasteiger partial charge in [0.15, 0.2) is 5.96 Å². The molecule has 1 heterocycles. The average Bonchev–Trinajstić information content (AvgIpc) is 2.35. The van der Waals surface area contributed by atoms with Crippen molar-refractivity contribution < 1.29 is 4.74 Å². The van der Waals surface area contributed by atoms with E-state index in [1.54, 1.807) is 7.05 Å². The third-order valence-corrected chi connectivity index (χ3v) is 2.59. The standard InChI is InChI=1S/C11H24N4O/c1-3-4-13-11(12-2)14-5-6-15-7-9-16-10-8-15/h3-10H2,1-2H3,(H2,12,13,14). The number of aliphatic imine (C=N–C) groups is 1. The van der Waals surface area contributed by atoms with E-state index in [1.807, 2.05) is 0 Å². The Morgan fingerprint density at radius 3 is 2.56 bits per heavy atom. The molecule has 0 unspecified atom stereocenters. The summed E-state index contributed by atoms with van der Waals surface area (Å²) in [6.07, 6.45) is 1.12. The first-order chi connectivity index (χ1) is 7.86. The number of hydrogen-bond acceptors (Lipinski definition) is 3. The van der Waals surface area contributed by atoms with Gasteiger partial charge in [-0.15, -0.1) is 0 Å². The number of hydrogen-bond donors (Lipinski definition) is 2. The monoisotopic (exact) mass is 228 g/mol. The van der Waals surface area contributed by atoms with Gasteiger partial charge < -0.3 is 15.4 Å². The Balaban J connectivity index is 2.08. The second kappa shape index (κ2) is 8.35. The van der Waals surface area contributed by atoms with Crippen molar-refractivity contribution in [3.05, 3.63) is 0 Å². The van der Waals surface area contributed by atoms with Gasteiger partial charge in [0.25, 0.3) is 0 Å². The van der Waals surface area contributed by atoms with Gasteiger partial charge in [-0.2, -0.15) is 0 Å². The zero-order valence-corrected chi connectivity index (χ0v) is 10.5. The summed E-state index contributed by atoms with van der Waals surface area (Å²) in [4.78, 5) is 6.57. The minimum absolute atomic E-state index is 0.864. The Hall–Kier alpha value is -0.810. The highest BCUT2D eigenvalue weighted by Crippen LogP contribution is 1.94. The van der Waals surface area contributed by atoms with Crippen molar-refractivity contribution in [1.29, 1.82) is 0 Å². The Labute approximate surface area is 98.3 Å². The summed E-state index contributed by atoms with van der Waals surface area (Å²) >= 11 is 0. The highest BCUT2D eigenvalue weighted by molar-refractivity contribution is 5.79. The highest BCUT2D eigenvalue weighted by atomic mass is 16.5. The molecule has 0 bridgehead atoms. The molecule has 1 saturated heterocycles. The van der Waals surface area contributed by atoms with E-state index in [2.05, 4.69) is 27.4 Å². The fourth-order valence-corrected chi connectivity index (χ4v) is 1.62. The molecule has 0 aromatic carbocycles. The van der Waals surface area contributed by atoms with Crippen LogP contribution in [0.25, 0.3) is 0 Å². The predicted octanol–water partition coefficient (Wildman–Crippen LogP) is -0.106. The number of ether oxygens (including phenoxy) is 1. The third kappa shape index (κ3) is 5.32. The number of guanidine groups is 1. The van der Waals surface area contributed by atoms with Crippen LogP contribution in [-0.2, 0) is 4.74 Å². The maximum absolute atomic E-state index is 5.30. The first kappa shape index (κ1) is 13.3. The minimum atomic E-state index is 0.864. The van der Waals surface area contributed by atoms with Gasteiger partial charge in [-0.1, -0.05) is 6.92 Å². The summed E-state index contributed by atoms with van der Waals surface area (Å²) in [7, 11) is 1.81. The van der Waals surface area contributed by atoms with Crippen molar-refractivity contribution >= 4 is 5.96 Å². The van der Waals surface area contributed by atoms with E-state index in [-0.39, 0.29) is 0 Å². The van der Waals surface area contributed by atoms with Gasteiger partial charge in [-0.25, -0.2) is 0 Å². The summed E-state index contributed by atoms with van der Waals surface area (Å²) in [5, 5.41) is 6.56. The normalized spacial score (nSPS) is 18.5. The van der Waals surface area contributed by atoms with Crippen LogP contribution < -0.4 is 10.6 Å². The van der Waals surface area contributed by atoms with E-state index in [0.29, 0.717) is 0 Å². The van der Waals surface area contributed by atoms with Crippen LogP contribution >= 0.6 is 0 Å². The van der Waals surface area contributed by atoms with E-state index in [1.165, 1.54) is 0 Å². The van der Waals surface area contributed by atoms with Crippen molar-refractivity contribution in [3.8, 4) is 0 Å². The molecule has 0 atom stereocenters. The third-order valence-electron chi connectivity index (χ3n) is 2.59. The van der Waals surface area contributed by atoms with Crippen LogP contribution in [0.5, 0.6) is 0 Å². The number of nitrogens with zero attached hydrogens (tertiary/aromatic N) is 2. The zero-order chi connectivity index (χ0) is 11.6. The van der Waals surface area contributed by atoms with Gasteiger partial charge >= 0.3 is 0 Å². The average molecular weight is 228 g/mol. The number of rotatable bonds is 5. The van der Waals surface area contributed by atoms with Gasteiger partial charge in [0.2, 0.25) is 0 Å². The molecule has 0 aromatic heterocycles. The Morgan fingerprint density at radius 2 is 1.94 bits per heavy atom. The molecule has 0 radical (unpaired) electrons. The van der Waals surface area contributed by atoms with Crippen molar-refractivity contribution in [2.75, 3.05) is 53.0 Å². The fourth-order valence-electron chi connectivity index (χ4n) is 1.62. The van der Waals surface area contributed by atoms with Crippen molar-refractivity contribution in [1.82, 2.24) is 15.5 Å². The molecular formula is C11H24N4O. The van der Waals surface area contributed by atoms with Crippen LogP contribution in [0.15, 0.2) is 4.99 Å². The SMILES string of the molecule is CCCNC(=NC)NCCN1CCOCC1. The van der Waals surface area contributed by atoms with Gasteiger partial charge in [-0.3, -0.25) is 9.89 Å². The second-order valence-corrected chi connectivity index (χ2v) is 3.88. The minimum Gasteiger partial charge on any atom is -0.379 e. The first-order valence-electron chi connectivity index (χ1n) is 6.11. The molecule has 94 valence electrons. The second-order valence-electron chi connectivity index (χ2n) is 3.88. The van der Waals surface area contributed by atoms with Gasteiger partial charge in [0.1, 0.15) is 0 Å². The molecule has 5 nitrogen and oxygen atoms in total. The van der Waals surface area contributed by atoms with Crippen LogP contribution in [0.4, 0.5) is 0 Å². The zero-order valence-electron chi connectivity index (χ0n) is 10.5. The Morgan fingerprint density at radius 1 is 1.25 bits per heavy atom. The lowest BCUT2D eigenvalue weighted by molar-refractivity contribution is 0.0389. The van der Waals surface area contributed by atoms with Crippen molar-refractivity contribution in [3.63, 3.8) is 0 Å². The topological polar surface area (TPSA) is 48.9 Å². The smallest absolute Gasteiger partial charge is 0.191 e. The Bertz CT molecular complexity index is 202. The molecule has 1 aliphatic heterocycles. The van der Waals surface area contributed by atoms with Crippen LogP contribution in [0, 0.1) is 0 Å². The molecule has 0 aliphatic carbocycles. The van der Waals surface area contributed by atoms with Crippen LogP contribution in [0.3, 0.4) is 0 Å². The molecule has 0 amide bonds. The molecule has 2 N–H and O–H groups in total. The Kier molecular flexibility index (Phi) is 6.92. The molecule has 1 rings (SSSR count). The lowest BCUT2D eigenvalue weighted by atomic mass is 10.4. The summed E-state index contributed by atoms with van der Waals surface area (Å²) in [5.74, 6) is 0.898. The van der Waals surface area contributed by atoms with Crippen LogP contribution in [-0.4, -0.2) is 63.8 Å². The number of morpholine rings is 1. The quantitative estimate of drug-likeness (QED) is 0.509. The largest absolute Gasteiger partial charge is 0.379 e. The van der Waals surface area contributed by atoms with Crippen molar-refractivity contribution in [2.45, 2.75) is 13.3 Å². The van der Waals surface area contributed by atoms with E-state index in [0.717, 1.165) is 58.3 Å². The highest BCUT2D eigenvalue weighted by Gasteiger charge is 2.09. The van der Waals surface area contributed by atoms with E-state index < -0.39 is 0 Å². The van der Waals surface area contributed by atoms with E-state index in [4.69, 9.17) is 4.74 Å². The number of nitrogens with one attached hydrogen (secondary N) is 2. The summed E-state index contributed by atoms with van der Waals surface area (Å²) in [5.41, 5.74) is 0. The molecule has 0 aromatic rings. The van der Waals surface area contributed by atoms with Gasteiger partial charge in [-0.05, 0) is 6.42 Å². The maximum Gasteiger partial charge on any atom is 0.191 e. The first-order valence-corrected chi connectivity index (χ1v) is 6.11. The fraction of sp³-hybridized carbons (Fsp3) is 0.909. The molecule has 16 heavy (non-hydrogen) atoms. The molecule has 5 heteroatoms. The van der Waals surface area contributed by atoms with Crippen LogP contribution in [0.1, 0.15) is 13.3 Å². The molecule has 0 saturated carbocycles. The van der Waals surface area contributed by atoms with Crippen LogP contribution in [0.2, 0.25) is 0 Å². The molecule has 1 fully saturated rings. The summed E-state index contributed by atoms with van der Waals surface area (Å²) in [6, 6.07) is 0. The molecule has 0 spiro atoms. The summed E-state index contributed by atoms with van der Waals surface area (Å²) in [6.45, 7) is 8.92. The van der Waals surface area contributed by atoms with E-state index in [9.17, 15) is 0 Å². The lowest BCUT2D eigenvalue weighted by Gasteiger charge is -2.26.